The molecule has 6 nitrogen and oxygen atoms in total. The van der Waals surface area contributed by atoms with Gasteiger partial charge in [-0.05, 0) is 37.1 Å². The number of benzene rings is 2. The molecule has 4 rings (SSSR count). The van der Waals surface area contributed by atoms with Crippen LogP contribution in [0, 0.1) is 5.92 Å². The lowest BCUT2D eigenvalue weighted by Gasteiger charge is -2.36. The fourth-order valence-electron chi connectivity index (χ4n) is 4.22. The Morgan fingerprint density at radius 3 is 2.70 bits per heavy atom. The predicted octanol–water partition coefficient (Wildman–Crippen LogP) is 4.00. The zero-order valence-electron chi connectivity index (χ0n) is 17.0. The molecule has 1 N–H and O–H groups in total. The summed E-state index contributed by atoms with van der Waals surface area (Å²) in [6, 6.07) is 14.2. The molecular weight excluding hydrogens is 382 g/mol. The number of nitrogens with one attached hydrogen (secondary N) is 1. The molecule has 1 aliphatic heterocycles. The topological polar surface area (TPSA) is 73.9 Å². The van der Waals surface area contributed by atoms with Gasteiger partial charge < -0.3 is 19.5 Å². The van der Waals surface area contributed by atoms with Gasteiger partial charge in [-0.15, -0.1) is 0 Å². The van der Waals surface area contributed by atoms with Crippen molar-refractivity contribution in [3.8, 4) is 5.75 Å². The summed E-state index contributed by atoms with van der Waals surface area (Å²) < 4.78 is 16.2. The Labute approximate surface area is 175 Å². The Morgan fingerprint density at radius 1 is 1.17 bits per heavy atom. The van der Waals surface area contributed by atoms with Crippen LogP contribution in [0.1, 0.15) is 36.5 Å². The fraction of sp³-hybridized carbons (Fsp3) is 0.333. The van der Waals surface area contributed by atoms with E-state index in [1.165, 1.54) is 0 Å². The first-order valence-corrected chi connectivity index (χ1v) is 10.2. The van der Waals surface area contributed by atoms with Crippen molar-refractivity contribution in [2.75, 3.05) is 19.0 Å². The van der Waals surface area contributed by atoms with E-state index < -0.39 is 24.1 Å². The van der Waals surface area contributed by atoms with Crippen LogP contribution in [0.2, 0.25) is 0 Å². The van der Waals surface area contributed by atoms with Crippen LogP contribution in [0.5, 0.6) is 5.75 Å². The number of rotatable bonds is 6. The highest BCUT2D eigenvalue weighted by molar-refractivity contribution is 5.86. The van der Waals surface area contributed by atoms with Crippen LogP contribution in [0.4, 0.5) is 5.69 Å². The average Bonchev–Trinajstić information content (AvgIpc) is 3.27. The van der Waals surface area contributed by atoms with Gasteiger partial charge in [-0.2, -0.15) is 0 Å². The van der Waals surface area contributed by atoms with Gasteiger partial charge in [0.15, 0.2) is 0 Å². The van der Waals surface area contributed by atoms with Gasteiger partial charge >= 0.3 is 11.9 Å². The van der Waals surface area contributed by atoms with Crippen LogP contribution in [-0.4, -0.2) is 31.7 Å². The number of methoxy groups -OCH3 is 1. The Bertz CT molecular complexity index is 955. The lowest BCUT2D eigenvalue weighted by atomic mass is 9.79. The highest BCUT2D eigenvalue weighted by Crippen LogP contribution is 2.46. The summed E-state index contributed by atoms with van der Waals surface area (Å²) in [5.74, 6) is -0.152. The first-order chi connectivity index (χ1) is 14.6. The van der Waals surface area contributed by atoms with Crippen molar-refractivity contribution in [2.45, 2.75) is 31.4 Å². The molecule has 1 heterocycles. The third-order valence-electron chi connectivity index (χ3n) is 5.66. The normalized spacial score (nSPS) is 22.3. The number of carbonyl (C=O) groups excluding carboxylic acids is 2. The number of esters is 2. The quantitative estimate of drug-likeness (QED) is 0.576. The van der Waals surface area contributed by atoms with Crippen molar-refractivity contribution < 1.29 is 23.8 Å². The second-order valence-corrected chi connectivity index (χ2v) is 7.41. The molecule has 0 aromatic heterocycles. The molecule has 156 valence electrons. The highest BCUT2D eigenvalue weighted by Gasteiger charge is 2.43. The largest absolute Gasteiger partial charge is 0.497 e. The molecule has 0 amide bonds. The Morgan fingerprint density at radius 2 is 1.97 bits per heavy atom. The highest BCUT2D eigenvalue weighted by atomic mass is 16.6. The first kappa shape index (κ1) is 20.0. The van der Waals surface area contributed by atoms with Gasteiger partial charge in [-0.25, -0.2) is 9.59 Å². The lowest BCUT2D eigenvalue weighted by molar-refractivity contribution is -0.169. The standard InChI is InChI=1S/C24H25NO5/c1-3-29-24(27)22(15-8-5-4-6-9-15)30-23(26)21-18-11-7-10-17(18)19-14-16(28-2)12-13-20(19)25-21/h4-10,12-14,17-18,21-22,25H,3,11H2,1-2H3/t17-,18+,21-,22-/m0/s1. The zero-order valence-corrected chi connectivity index (χ0v) is 17.0. The summed E-state index contributed by atoms with van der Waals surface area (Å²) >= 11 is 0. The van der Waals surface area contributed by atoms with Crippen LogP contribution in [0.3, 0.4) is 0 Å². The summed E-state index contributed by atoms with van der Waals surface area (Å²) in [6.07, 6.45) is 3.88. The molecule has 4 atom stereocenters. The molecule has 0 fully saturated rings. The predicted molar refractivity (Wildman–Crippen MR) is 112 cm³/mol. The summed E-state index contributed by atoms with van der Waals surface area (Å²) in [4.78, 5) is 25.7. The number of anilines is 1. The monoisotopic (exact) mass is 407 g/mol. The molecule has 0 bridgehead atoms. The van der Waals surface area contributed by atoms with E-state index in [0.29, 0.717) is 5.56 Å². The van der Waals surface area contributed by atoms with Crippen molar-refractivity contribution in [3.05, 3.63) is 71.8 Å². The minimum absolute atomic E-state index is 0.00993. The smallest absolute Gasteiger partial charge is 0.352 e. The SMILES string of the molecule is CCOC(=O)[C@@H](OC(=O)[C@H]1Nc2ccc(OC)cc2[C@H]2C=CC[C@@H]12)c1ccccc1. The van der Waals surface area contributed by atoms with E-state index in [9.17, 15) is 9.59 Å². The van der Waals surface area contributed by atoms with E-state index in [0.717, 1.165) is 23.4 Å². The maximum Gasteiger partial charge on any atom is 0.352 e. The van der Waals surface area contributed by atoms with Crippen LogP contribution in [-0.2, 0) is 19.1 Å². The van der Waals surface area contributed by atoms with E-state index in [4.69, 9.17) is 14.2 Å². The Balaban J connectivity index is 1.59. The molecule has 0 radical (unpaired) electrons. The molecule has 2 aromatic carbocycles. The number of hydrogen-bond donors (Lipinski definition) is 1. The number of ether oxygens (including phenoxy) is 3. The van der Waals surface area contributed by atoms with E-state index in [1.807, 2.05) is 24.3 Å². The molecule has 0 saturated heterocycles. The van der Waals surface area contributed by atoms with Crippen LogP contribution in [0.25, 0.3) is 0 Å². The number of allylic oxidation sites excluding steroid dienone is 2. The van der Waals surface area contributed by atoms with Gasteiger partial charge in [0.1, 0.15) is 11.8 Å². The van der Waals surface area contributed by atoms with Crippen molar-refractivity contribution >= 4 is 17.6 Å². The van der Waals surface area contributed by atoms with Crippen molar-refractivity contribution in [3.63, 3.8) is 0 Å². The summed E-state index contributed by atoms with van der Waals surface area (Å²) in [5, 5.41) is 3.33. The minimum atomic E-state index is -1.09. The van der Waals surface area contributed by atoms with Crippen LogP contribution >= 0.6 is 0 Å². The molecule has 0 unspecified atom stereocenters. The summed E-state index contributed by atoms with van der Waals surface area (Å²) in [6.45, 7) is 1.94. The molecular formula is C24H25NO5. The molecule has 0 spiro atoms. The molecule has 0 saturated carbocycles. The lowest BCUT2D eigenvalue weighted by Crippen LogP contribution is -2.44. The second kappa shape index (κ2) is 8.61. The van der Waals surface area contributed by atoms with Crippen LogP contribution in [0.15, 0.2) is 60.7 Å². The van der Waals surface area contributed by atoms with Crippen LogP contribution < -0.4 is 10.1 Å². The molecule has 2 aromatic rings. The first-order valence-electron chi connectivity index (χ1n) is 10.2. The molecule has 2 aliphatic rings. The molecule has 6 heteroatoms. The van der Waals surface area contributed by atoms with E-state index in [2.05, 4.69) is 17.5 Å². The van der Waals surface area contributed by atoms with Crippen molar-refractivity contribution in [1.82, 2.24) is 0 Å². The maximum absolute atomic E-state index is 13.2. The van der Waals surface area contributed by atoms with Gasteiger partial charge in [-0.1, -0.05) is 42.5 Å². The fourth-order valence-corrected chi connectivity index (χ4v) is 4.22. The molecule has 30 heavy (non-hydrogen) atoms. The molecule has 1 aliphatic carbocycles. The van der Waals surface area contributed by atoms with Gasteiger partial charge in [0.05, 0.1) is 13.7 Å². The van der Waals surface area contributed by atoms with E-state index >= 15 is 0 Å². The van der Waals surface area contributed by atoms with E-state index in [-0.39, 0.29) is 18.4 Å². The second-order valence-electron chi connectivity index (χ2n) is 7.41. The summed E-state index contributed by atoms with van der Waals surface area (Å²) in [5.41, 5.74) is 2.56. The van der Waals surface area contributed by atoms with Crippen molar-refractivity contribution in [1.29, 1.82) is 0 Å². The number of fused-ring (bicyclic) bond motifs is 3. The van der Waals surface area contributed by atoms with Gasteiger partial charge in [0.25, 0.3) is 0 Å². The van der Waals surface area contributed by atoms with Crippen molar-refractivity contribution in [2.24, 2.45) is 5.92 Å². The zero-order chi connectivity index (χ0) is 21.1. The Hall–Kier alpha value is -3.28. The van der Waals surface area contributed by atoms with Gasteiger partial charge in [-0.3, -0.25) is 0 Å². The summed E-state index contributed by atoms with van der Waals surface area (Å²) in [7, 11) is 1.64. The van der Waals surface area contributed by atoms with Gasteiger partial charge in [0, 0.05) is 23.1 Å². The minimum Gasteiger partial charge on any atom is -0.497 e. The van der Waals surface area contributed by atoms with E-state index in [1.54, 1.807) is 38.3 Å². The van der Waals surface area contributed by atoms with Gasteiger partial charge in [0.2, 0.25) is 6.10 Å². The third kappa shape index (κ3) is 3.77. The number of carbonyl (C=O) groups is 2. The Kier molecular flexibility index (Phi) is 5.74. The average molecular weight is 407 g/mol. The third-order valence-corrected chi connectivity index (χ3v) is 5.66. The maximum atomic E-state index is 13.2. The number of hydrogen-bond acceptors (Lipinski definition) is 6.